The third-order valence-corrected chi connectivity index (χ3v) is 4.57. The average Bonchev–Trinajstić information content (AvgIpc) is 3.45. The van der Waals surface area contributed by atoms with Gasteiger partial charge in [-0.1, -0.05) is 12.1 Å². The topological polar surface area (TPSA) is 84.9 Å². The Labute approximate surface area is 164 Å². The number of ether oxygens (including phenoxy) is 2. The molecule has 1 aliphatic carbocycles. The van der Waals surface area contributed by atoms with Crippen LogP contribution in [0.5, 0.6) is 5.75 Å². The fourth-order valence-electron chi connectivity index (χ4n) is 3.01. The molecule has 6 heteroatoms. The molecule has 0 unspecified atom stereocenters. The Kier molecular flexibility index (Phi) is 6.31. The van der Waals surface area contributed by atoms with E-state index in [0.29, 0.717) is 34.7 Å². The van der Waals surface area contributed by atoms with Crippen molar-refractivity contribution in [3.63, 3.8) is 0 Å². The second-order valence-corrected chi connectivity index (χ2v) is 7.23. The number of amides is 1. The minimum Gasteiger partial charge on any atom is -0.481 e. The van der Waals surface area contributed by atoms with Crippen LogP contribution in [-0.2, 0) is 16.1 Å². The van der Waals surface area contributed by atoms with Crippen molar-refractivity contribution in [3.05, 3.63) is 58.7 Å². The lowest BCUT2D eigenvalue weighted by Gasteiger charge is -2.13. The summed E-state index contributed by atoms with van der Waals surface area (Å²) in [6, 6.07) is 11.0. The number of aryl methyl sites for hydroxylation is 2. The van der Waals surface area contributed by atoms with Gasteiger partial charge in [-0.2, -0.15) is 0 Å². The lowest BCUT2D eigenvalue weighted by Crippen LogP contribution is -2.14. The number of carboxylic acid groups (broad SMARTS) is 1. The smallest absolute Gasteiger partial charge is 0.341 e. The Morgan fingerprint density at radius 3 is 2.50 bits per heavy atom. The SMILES string of the molecule is Cc1cc(C(=O)Nc2cccc(COCC3CC3)c2)cc(C)c1OCC(=O)O. The predicted molar refractivity (Wildman–Crippen MR) is 106 cm³/mol. The molecule has 2 aromatic carbocycles. The van der Waals surface area contributed by atoms with E-state index in [1.54, 1.807) is 26.0 Å². The molecular formula is C22H25NO5. The van der Waals surface area contributed by atoms with E-state index in [1.165, 1.54) is 12.8 Å². The summed E-state index contributed by atoms with van der Waals surface area (Å²) < 4.78 is 11.0. The van der Waals surface area contributed by atoms with Gasteiger partial charge in [0.25, 0.3) is 5.91 Å². The van der Waals surface area contributed by atoms with Crippen LogP contribution in [0.3, 0.4) is 0 Å². The predicted octanol–water partition coefficient (Wildman–Crippen LogP) is 3.95. The number of carboxylic acids is 1. The number of anilines is 1. The van der Waals surface area contributed by atoms with Gasteiger partial charge in [-0.05, 0) is 73.6 Å². The normalized spacial score (nSPS) is 13.2. The van der Waals surface area contributed by atoms with Gasteiger partial charge in [0.1, 0.15) is 5.75 Å². The minimum atomic E-state index is -1.04. The van der Waals surface area contributed by atoms with Crippen LogP contribution in [0.15, 0.2) is 36.4 Å². The van der Waals surface area contributed by atoms with Gasteiger partial charge in [-0.25, -0.2) is 4.79 Å². The zero-order valence-corrected chi connectivity index (χ0v) is 16.2. The highest BCUT2D eigenvalue weighted by Gasteiger charge is 2.21. The highest BCUT2D eigenvalue weighted by Crippen LogP contribution is 2.29. The van der Waals surface area contributed by atoms with Crippen molar-refractivity contribution >= 4 is 17.6 Å². The molecule has 0 bridgehead atoms. The van der Waals surface area contributed by atoms with Gasteiger partial charge in [0, 0.05) is 17.9 Å². The van der Waals surface area contributed by atoms with Crippen LogP contribution in [0.2, 0.25) is 0 Å². The van der Waals surface area contributed by atoms with Crippen molar-refractivity contribution < 1.29 is 24.2 Å². The molecule has 3 rings (SSSR count). The summed E-state index contributed by atoms with van der Waals surface area (Å²) in [6.45, 7) is 4.50. The number of carbonyl (C=O) groups is 2. The van der Waals surface area contributed by atoms with Crippen LogP contribution in [0.4, 0.5) is 5.69 Å². The van der Waals surface area contributed by atoms with Crippen molar-refractivity contribution in [1.82, 2.24) is 0 Å². The molecule has 0 aliphatic heterocycles. The molecule has 2 N–H and O–H groups in total. The summed E-state index contributed by atoms with van der Waals surface area (Å²) >= 11 is 0. The molecule has 0 spiro atoms. The molecule has 0 heterocycles. The number of aliphatic carboxylic acids is 1. The van der Waals surface area contributed by atoms with Crippen LogP contribution in [0, 0.1) is 19.8 Å². The fourth-order valence-corrected chi connectivity index (χ4v) is 3.01. The molecule has 28 heavy (non-hydrogen) atoms. The quantitative estimate of drug-likeness (QED) is 0.685. The van der Waals surface area contributed by atoms with Crippen molar-refractivity contribution in [3.8, 4) is 5.75 Å². The first-order valence-electron chi connectivity index (χ1n) is 9.36. The lowest BCUT2D eigenvalue weighted by atomic mass is 10.0. The van der Waals surface area contributed by atoms with E-state index in [0.717, 1.165) is 18.1 Å². The maximum absolute atomic E-state index is 12.6. The fraction of sp³-hybridized carbons (Fsp3) is 0.364. The highest BCUT2D eigenvalue weighted by atomic mass is 16.5. The maximum Gasteiger partial charge on any atom is 0.341 e. The van der Waals surface area contributed by atoms with Crippen molar-refractivity contribution in [1.29, 1.82) is 0 Å². The Hall–Kier alpha value is -2.86. The number of rotatable bonds is 9. The second-order valence-electron chi connectivity index (χ2n) is 7.23. The van der Waals surface area contributed by atoms with Crippen molar-refractivity contribution in [2.24, 2.45) is 5.92 Å². The summed E-state index contributed by atoms with van der Waals surface area (Å²) in [5, 5.41) is 11.7. The van der Waals surface area contributed by atoms with Gasteiger partial charge in [-0.15, -0.1) is 0 Å². The van der Waals surface area contributed by atoms with Crippen molar-refractivity contribution in [2.75, 3.05) is 18.5 Å². The van der Waals surface area contributed by atoms with Crippen LogP contribution in [0.25, 0.3) is 0 Å². The third kappa shape index (κ3) is 5.57. The largest absolute Gasteiger partial charge is 0.481 e. The molecule has 0 atom stereocenters. The van der Waals surface area contributed by atoms with Gasteiger partial charge in [-0.3, -0.25) is 4.79 Å². The van der Waals surface area contributed by atoms with Crippen LogP contribution < -0.4 is 10.1 Å². The number of carbonyl (C=O) groups excluding carboxylic acids is 1. The maximum atomic E-state index is 12.6. The molecule has 0 aromatic heterocycles. The van der Waals surface area contributed by atoms with Gasteiger partial charge in [0.05, 0.1) is 6.61 Å². The summed E-state index contributed by atoms with van der Waals surface area (Å²) in [4.78, 5) is 23.3. The molecule has 2 aromatic rings. The van der Waals surface area contributed by atoms with Gasteiger partial charge in [0.15, 0.2) is 6.61 Å². The minimum absolute atomic E-state index is 0.230. The Bertz CT molecular complexity index is 850. The van der Waals surface area contributed by atoms with Crippen LogP contribution >= 0.6 is 0 Å². The van der Waals surface area contributed by atoms with E-state index in [-0.39, 0.29) is 5.91 Å². The summed E-state index contributed by atoms with van der Waals surface area (Å²) in [5.41, 5.74) is 3.65. The summed E-state index contributed by atoms with van der Waals surface area (Å²) in [5.74, 6) is -0.0563. The highest BCUT2D eigenvalue weighted by molar-refractivity contribution is 6.04. The molecule has 148 valence electrons. The zero-order valence-electron chi connectivity index (χ0n) is 16.2. The summed E-state index contributed by atoms with van der Waals surface area (Å²) in [6.07, 6.45) is 2.52. The molecule has 6 nitrogen and oxygen atoms in total. The molecule has 1 aliphatic rings. The molecule has 0 radical (unpaired) electrons. The first-order chi connectivity index (χ1) is 13.4. The Balaban J connectivity index is 1.64. The number of hydrogen-bond donors (Lipinski definition) is 2. The molecule has 1 amide bonds. The number of hydrogen-bond acceptors (Lipinski definition) is 4. The second kappa shape index (κ2) is 8.89. The zero-order chi connectivity index (χ0) is 20.1. The van der Waals surface area contributed by atoms with E-state index in [2.05, 4.69) is 5.32 Å². The lowest BCUT2D eigenvalue weighted by molar-refractivity contribution is -0.139. The van der Waals surface area contributed by atoms with Gasteiger partial charge in [0.2, 0.25) is 0 Å². The van der Waals surface area contributed by atoms with E-state index in [9.17, 15) is 9.59 Å². The third-order valence-electron chi connectivity index (χ3n) is 4.57. The number of benzene rings is 2. The molecule has 1 fully saturated rings. The van der Waals surface area contributed by atoms with E-state index in [4.69, 9.17) is 14.6 Å². The van der Waals surface area contributed by atoms with E-state index >= 15 is 0 Å². The Morgan fingerprint density at radius 1 is 1.14 bits per heavy atom. The Morgan fingerprint density at radius 2 is 1.86 bits per heavy atom. The van der Waals surface area contributed by atoms with Gasteiger partial charge < -0.3 is 19.9 Å². The monoisotopic (exact) mass is 383 g/mol. The molecule has 1 saturated carbocycles. The molecular weight excluding hydrogens is 358 g/mol. The molecule has 0 saturated heterocycles. The van der Waals surface area contributed by atoms with Crippen molar-refractivity contribution in [2.45, 2.75) is 33.3 Å². The van der Waals surface area contributed by atoms with E-state index in [1.807, 2.05) is 24.3 Å². The van der Waals surface area contributed by atoms with E-state index < -0.39 is 12.6 Å². The van der Waals surface area contributed by atoms with Crippen LogP contribution in [0.1, 0.15) is 39.9 Å². The van der Waals surface area contributed by atoms with Crippen LogP contribution in [-0.4, -0.2) is 30.2 Å². The standard InChI is InChI=1S/C22H25NO5/c1-14-8-18(9-15(2)21(14)28-13-20(24)25)22(26)23-19-5-3-4-17(10-19)12-27-11-16-6-7-16/h3-5,8-10,16H,6-7,11-13H2,1-2H3,(H,23,26)(H,24,25). The summed E-state index contributed by atoms with van der Waals surface area (Å²) in [7, 11) is 0. The van der Waals surface area contributed by atoms with Gasteiger partial charge >= 0.3 is 5.97 Å². The first kappa shape index (κ1) is 19.9. The first-order valence-corrected chi connectivity index (χ1v) is 9.36. The number of nitrogens with one attached hydrogen (secondary N) is 1. The average molecular weight is 383 g/mol.